The highest BCUT2D eigenvalue weighted by Crippen LogP contribution is 2.19. The molecule has 128 valence electrons. The van der Waals surface area contributed by atoms with Crippen molar-refractivity contribution in [1.82, 2.24) is 14.9 Å². The molecule has 7 heteroatoms. The number of nitrogens with zero attached hydrogens (tertiary/aromatic N) is 1. The largest absolute Gasteiger partial charge is 0.345 e. The van der Waals surface area contributed by atoms with E-state index >= 15 is 0 Å². The van der Waals surface area contributed by atoms with Crippen LogP contribution in [0.4, 0.5) is 0 Å². The van der Waals surface area contributed by atoms with Gasteiger partial charge in [-0.15, -0.1) is 17.9 Å². The van der Waals surface area contributed by atoms with E-state index in [2.05, 4.69) is 16.9 Å². The first kappa shape index (κ1) is 17.3. The van der Waals surface area contributed by atoms with Crippen molar-refractivity contribution < 1.29 is 4.79 Å². The zero-order chi connectivity index (χ0) is 18.0. The minimum Gasteiger partial charge on any atom is -0.345 e. The molecule has 0 fully saturated rings. The van der Waals surface area contributed by atoms with Gasteiger partial charge in [-0.3, -0.25) is 14.2 Å². The smallest absolute Gasteiger partial charge is 0.262 e. The fourth-order valence-corrected chi connectivity index (χ4v) is 3.58. The zero-order valence-corrected chi connectivity index (χ0v) is 15.2. The lowest BCUT2D eigenvalue weighted by molar-refractivity contribution is 0.0940. The third-order valence-electron chi connectivity index (χ3n) is 3.87. The zero-order valence-electron chi connectivity index (χ0n) is 13.6. The third kappa shape index (κ3) is 3.47. The lowest BCUT2D eigenvalue weighted by atomic mass is 10.1. The van der Waals surface area contributed by atoms with Crippen LogP contribution in [0.15, 0.2) is 53.2 Å². The summed E-state index contributed by atoms with van der Waals surface area (Å²) >= 11 is 6.82. The van der Waals surface area contributed by atoms with Gasteiger partial charge in [-0.1, -0.05) is 12.1 Å². The second kappa shape index (κ2) is 7.16. The summed E-state index contributed by atoms with van der Waals surface area (Å²) in [6.45, 7) is 5.91. The summed E-state index contributed by atoms with van der Waals surface area (Å²) in [5, 5.41) is 5.42. The number of H-pyrrole nitrogens is 1. The Morgan fingerprint density at radius 2 is 2.28 bits per heavy atom. The Bertz CT molecular complexity index is 1050. The highest BCUT2D eigenvalue weighted by molar-refractivity contribution is 7.71. The molecule has 0 bridgehead atoms. The number of carbonyl (C=O) groups excluding carboxylic acids is 1. The number of carbonyl (C=O) groups is 1. The fraction of sp³-hybridized carbons (Fsp3) is 0.167. The standard InChI is InChI=1S/C18H17N3O2S2/c1-3-8-21-17(23)13-7-6-12(10-14(13)20-18(21)24)16(22)19-11(2)15-5-4-9-25-15/h3-7,9-11H,1,8H2,2H3,(H,19,22)(H,20,24). The van der Waals surface area contributed by atoms with Gasteiger partial charge in [0, 0.05) is 17.0 Å². The highest BCUT2D eigenvalue weighted by atomic mass is 32.1. The van der Waals surface area contributed by atoms with Gasteiger partial charge in [0.05, 0.1) is 16.9 Å². The number of hydrogen-bond acceptors (Lipinski definition) is 4. The Morgan fingerprint density at radius 1 is 1.48 bits per heavy atom. The molecule has 25 heavy (non-hydrogen) atoms. The summed E-state index contributed by atoms with van der Waals surface area (Å²) < 4.78 is 1.74. The van der Waals surface area contributed by atoms with Gasteiger partial charge in [0.25, 0.3) is 11.5 Å². The second-order valence-corrected chi connectivity index (χ2v) is 6.97. The minimum atomic E-state index is -0.197. The van der Waals surface area contributed by atoms with Crippen LogP contribution >= 0.6 is 23.6 Å². The predicted octanol–water partition coefficient (Wildman–Crippen LogP) is 3.80. The van der Waals surface area contributed by atoms with Gasteiger partial charge in [0.15, 0.2) is 4.77 Å². The molecule has 0 aliphatic rings. The number of rotatable bonds is 5. The Kier molecular flexibility index (Phi) is 4.96. The summed E-state index contributed by atoms with van der Waals surface area (Å²) in [5.74, 6) is -0.197. The number of aromatic amines is 1. The Hall–Kier alpha value is -2.51. The van der Waals surface area contributed by atoms with Gasteiger partial charge < -0.3 is 10.3 Å². The average molecular weight is 371 g/mol. The van der Waals surface area contributed by atoms with E-state index in [0.29, 0.717) is 27.8 Å². The van der Waals surface area contributed by atoms with E-state index < -0.39 is 0 Å². The SMILES string of the molecule is C=CCn1c(=S)[nH]c2cc(C(=O)NC(C)c3cccs3)ccc2c1=O. The summed E-state index contributed by atoms with van der Waals surface area (Å²) in [7, 11) is 0. The first-order valence-corrected chi connectivity index (χ1v) is 9.02. The van der Waals surface area contributed by atoms with Gasteiger partial charge >= 0.3 is 0 Å². The van der Waals surface area contributed by atoms with Crippen molar-refractivity contribution >= 4 is 40.4 Å². The van der Waals surface area contributed by atoms with Crippen LogP contribution in [-0.2, 0) is 6.54 Å². The number of thiophene rings is 1. The summed E-state index contributed by atoms with van der Waals surface area (Å²) in [5.41, 5.74) is 0.826. The highest BCUT2D eigenvalue weighted by Gasteiger charge is 2.14. The van der Waals surface area contributed by atoms with E-state index in [-0.39, 0.29) is 17.5 Å². The first-order chi connectivity index (χ1) is 12.0. The number of benzene rings is 1. The van der Waals surface area contributed by atoms with E-state index in [1.165, 1.54) is 4.57 Å². The molecule has 0 radical (unpaired) electrons. The quantitative estimate of drug-likeness (QED) is 0.530. The van der Waals surface area contributed by atoms with Crippen molar-refractivity contribution in [3.05, 3.63) is 73.9 Å². The van der Waals surface area contributed by atoms with Crippen molar-refractivity contribution in [2.45, 2.75) is 19.5 Å². The van der Waals surface area contributed by atoms with Crippen LogP contribution in [0.5, 0.6) is 0 Å². The molecular formula is C18H17N3O2S2. The number of fused-ring (bicyclic) bond motifs is 1. The molecule has 0 saturated heterocycles. The van der Waals surface area contributed by atoms with Crippen LogP contribution in [0.1, 0.15) is 28.2 Å². The lowest BCUT2D eigenvalue weighted by Crippen LogP contribution is -2.26. The molecule has 2 N–H and O–H groups in total. The number of nitrogens with one attached hydrogen (secondary N) is 2. The Labute approximate surface area is 153 Å². The van der Waals surface area contributed by atoms with Crippen molar-refractivity contribution in [1.29, 1.82) is 0 Å². The molecule has 1 amide bonds. The molecule has 3 aromatic rings. The Morgan fingerprint density at radius 3 is 2.96 bits per heavy atom. The minimum absolute atomic E-state index is 0.0812. The summed E-state index contributed by atoms with van der Waals surface area (Å²) in [6, 6.07) is 8.80. The molecule has 1 unspecified atom stereocenters. The van der Waals surface area contributed by atoms with E-state index in [0.717, 1.165) is 4.88 Å². The molecule has 3 rings (SSSR count). The molecule has 2 heterocycles. The van der Waals surface area contributed by atoms with Crippen molar-refractivity contribution in [2.24, 2.45) is 0 Å². The van der Waals surface area contributed by atoms with Crippen LogP contribution in [-0.4, -0.2) is 15.5 Å². The summed E-state index contributed by atoms with van der Waals surface area (Å²) in [6.07, 6.45) is 1.62. The molecule has 0 aliphatic heterocycles. The van der Waals surface area contributed by atoms with Crippen LogP contribution in [0.2, 0.25) is 0 Å². The second-order valence-electron chi connectivity index (χ2n) is 5.61. The van der Waals surface area contributed by atoms with Crippen molar-refractivity contribution in [2.75, 3.05) is 0 Å². The van der Waals surface area contributed by atoms with Gasteiger partial charge in [0.1, 0.15) is 0 Å². The van der Waals surface area contributed by atoms with Gasteiger partial charge in [-0.2, -0.15) is 0 Å². The van der Waals surface area contributed by atoms with Gasteiger partial charge in [-0.05, 0) is 48.8 Å². The fourth-order valence-electron chi connectivity index (χ4n) is 2.58. The van der Waals surface area contributed by atoms with E-state index in [1.807, 2.05) is 24.4 Å². The molecule has 0 saturated carbocycles. The maximum absolute atomic E-state index is 12.5. The number of hydrogen-bond donors (Lipinski definition) is 2. The average Bonchev–Trinajstić information content (AvgIpc) is 3.12. The third-order valence-corrected chi connectivity index (χ3v) is 5.25. The maximum Gasteiger partial charge on any atom is 0.262 e. The van der Waals surface area contributed by atoms with Crippen molar-refractivity contribution in [3.8, 4) is 0 Å². The van der Waals surface area contributed by atoms with E-state index in [4.69, 9.17) is 12.2 Å². The molecule has 0 aliphatic carbocycles. The van der Waals surface area contributed by atoms with Crippen LogP contribution in [0, 0.1) is 4.77 Å². The monoisotopic (exact) mass is 371 g/mol. The normalized spacial score (nSPS) is 12.0. The molecule has 1 aromatic carbocycles. The number of aromatic nitrogens is 2. The lowest BCUT2D eigenvalue weighted by Gasteiger charge is -2.13. The van der Waals surface area contributed by atoms with Gasteiger partial charge in [0.2, 0.25) is 0 Å². The predicted molar refractivity (Wildman–Crippen MR) is 104 cm³/mol. The Balaban J connectivity index is 1.94. The number of amides is 1. The summed E-state index contributed by atoms with van der Waals surface area (Å²) in [4.78, 5) is 29.1. The molecular weight excluding hydrogens is 354 g/mol. The first-order valence-electron chi connectivity index (χ1n) is 7.73. The van der Waals surface area contributed by atoms with Gasteiger partial charge in [-0.25, -0.2) is 0 Å². The van der Waals surface area contributed by atoms with Crippen molar-refractivity contribution in [3.63, 3.8) is 0 Å². The van der Waals surface area contributed by atoms with Crippen LogP contribution in [0.3, 0.4) is 0 Å². The molecule has 5 nitrogen and oxygen atoms in total. The molecule has 0 spiro atoms. The number of allylic oxidation sites excluding steroid dienone is 1. The van der Waals surface area contributed by atoms with E-state index in [9.17, 15) is 9.59 Å². The maximum atomic E-state index is 12.5. The van der Waals surface area contributed by atoms with Crippen LogP contribution in [0.25, 0.3) is 10.9 Å². The topological polar surface area (TPSA) is 66.9 Å². The van der Waals surface area contributed by atoms with Crippen LogP contribution < -0.4 is 10.9 Å². The molecule has 1 atom stereocenters. The molecule has 2 aromatic heterocycles. The van der Waals surface area contributed by atoms with E-state index in [1.54, 1.807) is 35.6 Å².